The van der Waals surface area contributed by atoms with Gasteiger partial charge in [0.25, 0.3) is 0 Å². The third-order valence-electron chi connectivity index (χ3n) is 1.52. The first-order valence-corrected chi connectivity index (χ1v) is 4.42. The Morgan fingerprint density at radius 1 is 1.31 bits per heavy atom. The Bertz CT molecular complexity index is 143. The van der Waals surface area contributed by atoms with Gasteiger partial charge in [0, 0.05) is 6.42 Å². The first-order valence-electron chi connectivity index (χ1n) is 4.42. The number of halogens is 1. The third kappa shape index (κ3) is 11.7. The molecule has 4 heteroatoms. The number of carbonyl (C=O) groups is 1. The molecule has 13 heavy (non-hydrogen) atoms. The van der Waals surface area contributed by atoms with Gasteiger partial charge in [-0.1, -0.05) is 0 Å². The van der Waals surface area contributed by atoms with Crippen LogP contribution in [0, 0.1) is 0 Å². The Morgan fingerprint density at radius 2 is 1.85 bits per heavy atom. The molecule has 0 amide bonds. The number of esters is 1. The van der Waals surface area contributed by atoms with Crippen LogP contribution in [0.2, 0.25) is 0 Å². The molecule has 80 valence electrons. The van der Waals surface area contributed by atoms with Gasteiger partial charge in [0.1, 0.15) is 0 Å². The van der Waals surface area contributed by atoms with E-state index in [-0.39, 0.29) is 18.4 Å². The van der Waals surface area contributed by atoms with Crippen LogP contribution >= 0.6 is 0 Å². The van der Waals surface area contributed by atoms with E-state index in [2.05, 4.69) is 21.1 Å². The second kappa shape index (κ2) is 7.15. The summed E-state index contributed by atoms with van der Waals surface area (Å²) in [4.78, 5) is 10.9. The van der Waals surface area contributed by atoms with Gasteiger partial charge < -0.3 is 21.6 Å². The Balaban J connectivity index is 0. The van der Waals surface area contributed by atoms with E-state index in [1.807, 2.05) is 6.92 Å². The summed E-state index contributed by atoms with van der Waals surface area (Å²) in [5.41, 5.74) is 0. The summed E-state index contributed by atoms with van der Waals surface area (Å²) in [5, 5.41) is 0. The maximum Gasteiger partial charge on any atom is 0.305 e. The zero-order chi connectivity index (χ0) is 9.61. The highest BCUT2D eigenvalue weighted by atomic mass is 35.5. The monoisotopic (exact) mass is 209 g/mol. The van der Waals surface area contributed by atoms with Crippen molar-refractivity contribution in [2.75, 3.05) is 34.3 Å². The van der Waals surface area contributed by atoms with Gasteiger partial charge in [0.15, 0.2) is 0 Å². The Hall–Kier alpha value is -0.280. The van der Waals surface area contributed by atoms with Gasteiger partial charge in [0.2, 0.25) is 0 Å². The number of quaternary nitrogens is 1. The van der Waals surface area contributed by atoms with Gasteiger partial charge in [-0.3, -0.25) is 4.79 Å². The second-order valence-corrected chi connectivity index (χ2v) is 3.92. The van der Waals surface area contributed by atoms with Crippen LogP contribution < -0.4 is 12.4 Å². The number of rotatable bonds is 5. The van der Waals surface area contributed by atoms with E-state index in [0.717, 1.165) is 17.4 Å². The molecule has 0 radical (unpaired) electrons. The average molecular weight is 210 g/mol. The standard InChI is InChI=1S/C9H20NO2.ClH/c1-5-12-9(11)7-6-8-10(2,3)4;/h5-8H2,1-4H3;1H/q+1;/p-1. The molecule has 0 aromatic rings. The smallest absolute Gasteiger partial charge is 0.305 e. The lowest BCUT2D eigenvalue weighted by molar-refractivity contribution is -0.870. The van der Waals surface area contributed by atoms with Crippen LogP contribution in [0.4, 0.5) is 0 Å². The molecule has 0 heterocycles. The lowest BCUT2D eigenvalue weighted by atomic mass is 10.3. The number of hydrogen-bond donors (Lipinski definition) is 0. The van der Waals surface area contributed by atoms with E-state index in [1.165, 1.54) is 0 Å². The van der Waals surface area contributed by atoms with Crippen LogP contribution in [0.15, 0.2) is 0 Å². The maximum atomic E-state index is 10.9. The van der Waals surface area contributed by atoms with Crippen LogP contribution in [0.3, 0.4) is 0 Å². The zero-order valence-corrected chi connectivity index (χ0v) is 9.73. The fourth-order valence-electron chi connectivity index (χ4n) is 0.931. The molecule has 0 aromatic heterocycles. The molecule has 0 saturated heterocycles. The van der Waals surface area contributed by atoms with Crippen LogP contribution in [-0.4, -0.2) is 44.7 Å². The fraction of sp³-hybridized carbons (Fsp3) is 0.889. The van der Waals surface area contributed by atoms with E-state index < -0.39 is 0 Å². The molecule has 0 fully saturated rings. The predicted octanol–water partition coefficient (Wildman–Crippen LogP) is -1.96. The van der Waals surface area contributed by atoms with Gasteiger partial charge in [0.05, 0.1) is 40.7 Å². The van der Waals surface area contributed by atoms with Crippen LogP contribution in [0.5, 0.6) is 0 Å². The molecule has 0 aliphatic rings. The van der Waals surface area contributed by atoms with Crippen molar-refractivity contribution in [3.63, 3.8) is 0 Å². The summed E-state index contributed by atoms with van der Waals surface area (Å²) in [5.74, 6) is -0.0778. The Labute approximate surface area is 87.1 Å². The van der Waals surface area contributed by atoms with Crippen LogP contribution in [-0.2, 0) is 9.53 Å². The average Bonchev–Trinajstić information content (AvgIpc) is 1.84. The predicted molar refractivity (Wildman–Crippen MR) is 48.8 cm³/mol. The number of ether oxygens (including phenoxy) is 1. The molecule has 0 aliphatic heterocycles. The summed E-state index contributed by atoms with van der Waals surface area (Å²) in [6, 6.07) is 0. The number of nitrogens with zero attached hydrogens (tertiary/aromatic N) is 1. The van der Waals surface area contributed by atoms with Gasteiger partial charge >= 0.3 is 5.97 Å². The van der Waals surface area contributed by atoms with E-state index in [9.17, 15) is 4.79 Å². The molecule has 0 aliphatic carbocycles. The summed E-state index contributed by atoms with van der Waals surface area (Å²) in [6.45, 7) is 3.33. The molecular weight excluding hydrogens is 190 g/mol. The van der Waals surface area contributed by atoms with E-state index in [0.29, 0.717) is 13.0 Å². The van der Waals surface area contributed by atoms with Crippen LogP contribution in [0.25, 0.3) is 0 Å². The maximum absolute atomic E-state index is 10.9. The van der Waals surface area contributed by atoms with Crippen molar-refractivity contribution in [3.8, 4) is 0 Å². The van der Waals surface area contributed by atoms with Gasteiger partial charge in [-0.2, -0.15) is 0 Å². The minimum Gasteiger partial charge on any atom is -1.00 e. The highest BCUT2D eigenvalue weighted by Crippen LogP contribution is 1.98. The Kier molecular flexibility index (Phi) is 8.37. The number of hydrogen-bond acceptors (Lipinski definition) is 2. The lowest BCUT2D eigenvalue weighted by Crippen LogP contribution is -3.00. The molecule has 0 bridgehead atoms. The van der Waals surface area contributed by atoms with E-state index in [4.69, 9.17) is 4.74 Å². The molecule has 0 N–H and O–H groups in total. The van der Waals surface area contributed by atoms with Crippen molar-refractivity contribution >= 4 is 5.97 Å². The minimum atomic E-state index is -0.0778. The van der Waals surface area contributed by atoms with Gasteiger partial charge in [-0.15, -0.1) is 0 Å². The molecular formula is C9H20ClNO2. The third-order valence-corrected chi connectivity index (χ3v) is 1.52. The first-order chi connectivity index (χ1) is 5.45. The van der Waals surface area contributed by atoms with Crippen molar-refractivity contribution in [2.45, 2.75) is 19.8 Å². The van der Waals surface area contributed by atoms with Crippen molar-refractivity contribution in [1.29, 1.82) is 0 Å². The SMILES string of the molecule is CCOC(=O)CCC[N+](C)(C)C.[Cl-]. The lowest BCUT2D eigenvalue weighted by Gasteiger charge is -2.23. The van der Waals surface area contributed by atoms with Crippen LogP contribution in [0.1, 0.15) is 19.8 Å². The van der Waals surface area contributed by atoms with Gasteiger partial charge in [-0.25, -0.2) is 0 Å². The molecule has 0 aromatic carbocycles. The topological polar surface area (TPSA) is 26.3 Å². The van der Waals surface area contributed by atoms with E-state index in [1.54, 1.807) is 0 Å². The molecule has 0 atom stereocenters. The summed E-state index contributed by atoms with van der Waals surface area (Å²) >= 11 is 0. The summed E-state index contributed by atoms with van der Waals surface area (Å²) < 4.78 is 5.71. The van der Waals surface area contributed by atoms with Crippen molar-refractivity contribution in [2.24, 2.45) is 0 Å². The minimum absolute atomic E-state index is 0. The summed E-state index contributed by atoms with van der Waals surface area (Å²) in [7, 11) is 6.35. The molecule has 3 nitrogen and oxygen atoms in total. The van der Waals surface area contributed by atoms with Gasteiger partial charge in [-0.05, 0) is 6.92 Å². The van der Waals surface area contributed by atoms with E-state index >= 15 is 0 Å². The molecule has 0 saturated carbocycles. The van der Waals surface area contributed by atoms with Crippen molar-refractivity contribution in [3.05, 3.63) is 0 Å². The quantitative estimate of drug-likeness (QED) is 0.388. The largest absolute Gasteiger partial charge is 1.00 e. The highest BCUT2D eigenvalue weighted by Gasteiger charge is 2.08. The zero-order valence-electron chi connectivity index (χ0n) is 8.97. The molecule has 0 spiro atoms. The normalized spacial score (nSPS) is 10.5. The second-order valence-electron chi connectivity index (χ2n) is 3.92. The number of carbonyl (C=O) groups excluding carboxylic acids is 1. The molecule has 0 rings (SSSR count). The van der Waals surface area contributed by atoms with Crippen molar-refractivity contribution in [1.82, 2.24) is 0 Å². The first kappa shape index (κ1) is 15.2. The highest BCUT2D eigenvalue weighted by molar-refractivity contribution is 5.69. The van der Waals surface area contributed by atoms with Crippen molar-refractivity contribution < 1.29 is 26.4 Å². The Morgan fingerprint density at radius 3 is 2.23 bits per heavy atom. The fourth-order valence-corrected chi connectivity index (χ4v) is 0.931. The summed E-state index contributed by atoms with van der Waals surface area (Å²) in [6.07, 6.45) is 1.45. The molecule has 0 unspecified atom stereocenters.